The lowest BCUT2D eigenvalue weighted by Crippen LogP contribution is -2.47. The largest absolute Gasteiger partial charge is 0.340 e. The average Bonchev–Trinajstić information content (AvgIpc) is 2.53. The van der Waals surface area contributed by atoms with Crippen molar-refractivity contribution >= 4 is 5.91 Å². The van der Waals surface area contributed by atoms with Gasteiger partial charge in [-0.1, -0.05) is 12.1 Å². The molecule has 2 rings (SSSR count). The first-order valence-electron chi connectivity index (χ1n) is 7.56. The van der Waals surface area contributed by atoms with Crippen LogP contribution in [0, 0.1) is 5.82 Å². The van der Waals surface area contributed by atoms with Crippen LogP contribution >= 0.6 is 0 Å². The minimum absolute atomic E-state index is 0.200. The number of halogens is 1. The zero-order chi connectivity index (χ0) is 15.1. The maximum Gasteiger partial charge on any atom is 0.223 e. The smallest absolute Gasteiger partial charge is 0.223 e. The number of amides is 1. The average molecular weight is 293 g/mol. The van der Waals surface area contributed by atoms with E-state index in [-0.39, 0.29) is 11.7 Å². The van der Waals surface area contributed by atoms with E-state index in [0.29, 0.717) is 6.42 Å². The van der Waals surface area contributed by atoms with Crippen LogP contribution in [-0.4, -0.2) is 62.0 Å². The highest BCUT2D eigenvalue weighted by Gasteiger charge is 2.16. The molecule has 116 valence electrons. The van der Waals surface area contributed by atoms with Crippen LogP contribution in [0.15, 0.2) is 24.3 Å². The second kappa shape index (κ2) is 8.10. The Kier molecular flexibility index (Phi) is 6.14. The van der Waals surface area contributed by atoms with E-state index >= 15 is 0 Å². The van der Waals surface area contributed by atoms with Gasteiger partial charge in [0.1, 0.15) is 5.82 Å². The Labute approximate surface area is 125 Å². The minimum atomic E-state index is -0.200. The predicted molar refractivity (Wildman–Crippen MR) is 81.7 cm³/mol. The summed E-state index contributed by atoms with van der Waals surface area (Å²) in [7, 11) is 2.02. The van der Waals surface area contributed by atoms with E-state index in [1.165, 1.54) is 12.1 Å². The highest BCUT2D eigenvalue weighted by Crippen LogP contribution is 2.05. The zero-order valence-electron chi connectivity index (χ0n) is 12.6. The molecule has 1 saturated heterocycles. The lowest BCUT2D eigenvalue weighted by Gasteiger charge is -2.28. The van der Waals surface area contributed by atoms with Crippen molar-refractivity contribution < 1.29 is 9.18 Å². The van der Waals surface area contributed by atoms with Crippen LogP contribution in [0.25, 0.3) is 0 Å². The van der Waals surface area contributed by atoms with E-state index in [2.05, 4.69) is 10.2 Å². The van der Waals surface area contributed by atoms with E-state index in [9.17, 15) is 9.18 Å². The molecule has 0 aromatic heterocycles. The van der Waals surface area contributed by atoms with Gasteiger partial charge in [-0.15, -0.1) is 0 Å². The number of hydrogen-bond acceptors (Lipinski definition) is 3. The summed E-state index contributed by atoms with van der Waals surface area (Å²) in [5.41, 5.74) is 1.12. The van der Waals surface area contributed by atoms with Gasteiger partial charge in [-0.25, -0.2) is 4.39 Å². The van der Waals surface area contributed by atoms with Crippen LogP contribution in [-0.2, 0) is 11.2 Å². The second-order valence-corrected chi connectivity index (χ2v) is 5.56. The molecule has 1 heterocycles. The van der Waals surface area contributed by atoms with Gasteiger partial charge >= 0.3 is 0 Å². The van der Waals surface area contributed by atoms with Crippen molar-refractivity contribution in [1.82, 2.24) is 15.1 Å². The number of nitrogens with one attached hydrogen (secondary N) is 1. The van der Waals surface area contributed by atoms with Crippen LogP contribution in [0.5, 0.6) is 0 Å². The number of benzene rings is 1. The molecule has 1 aliphatic rings. The number of rotatable bonds is 6. The molecular formula is C16H24FN3O. The summed E-state index contributed by atoms with van der Waals surface area (Å²) in [5, 5.41) is 3.25. The fourth-order valence-corrected chi connectivity index (χ4v) is 2.44. The molecule has 0 bridgehead atoms. The molecule has 0 spiro atoms. The summed E-state index contributed by atoms with van der Waals surface area (Å²) in [5.74, 6) is 0.0406. The van der Waals surface area contributed by atoms with Gasteiger partial charge < -0.3 is 15.1 Å². The fraction of sp³-hybridized carbons (Fsp3) is 0.562. The number of hydrogen-bond donors (Lipinski definition) is 1. The van der Waals surface area contributed by atoms with E-state index in [0.717, 1.165) is 51.3 Å². The summed E-state index contributed by atoms with van der Waals surface area (Å²) in [6.45, 7) is 5.07. The third-order valence-corrected chi connectivity index (χ3v) is 3.87. The molecule has 4 nitrogen and oxygen atoms in total. The molecule has 1 amide bonds. The SMILES string of the molecule is CN(CCC(=O)N1CCNCC1)CCc1ccc(F)cc1. The first kappa shape index (κ1) is 15.9. The lowest BCUT2D eigenvalue weighted by molar-refractivity contribution is -0.132. The number of nitrogens with zero attached hydrogens (tertiary/aromatic N) is 2. The van der Waals surface area contributed by atoms with Crippen molar-refractivity contribution in [3.05, 3.63) is 35.6 Å². The Morgan fingerprint density at radius 2 is 1.90 bits per heavy atom. The zero-order valence-corrected chi connectivity index (χ0v) is 12.6. The molecule has 0 saturated carbocycles. The third kappa shape index (κ3) is 5.44. The first-order valence-corrected chi connectivity index (χ1v) is 7.56. The second-order valence-electron chi connectivity index (χ2n) is 5.56. The molecule has 0 aliphatic carbocycles. The molecule has 21 heavy (non-hydrogen) atoms. The van der Waals surface area contributed by atoms with Gasteiger partial charge in [0.25, 0.3) is 0 Å². The Hall–Kier alpha value is -1.46. The molecule has 0 radical (unpaired) electrons. The van der Waals surface area contributed by atoms with Crippen LogP contribution in [0.2, 0.25) is 0 Å². The van der Waals surface area contributed by atoms with Crippen molar-refractivity contribution in [1.29, 1.82) is 0 Å². The number of likely N-dealkylation sites (N-methyl/N-ethyl adjacent to an activating group) is 1. The number of carbonyl (C=O) groups excluding carboxylic acids is 1. The van der Waals surface area contributed by atoms with Crippen LogP contribution in [0.4, 0.5) is 4.39 Å². The van der Waals surface area contributed by atoms with E-state index < -0.39 is 0 Å². The minimum Gasteiger partial charge on any atom is -0.340 e. The topological polar surface area (TPSA) is 35.6 Å². The molecular weight excluding hydrogens is 269 g/mol. The maximum absolute atomic E-state index is 12.8. The van der Waals surface area contributed by atoms with Gasteiger partial charge in [0, 0.05) is 45.7 Å². The lowest BCUT2D eigenvalue weighted by atomic mass is 10.1. The third-order valence-electron chi connectivity index (χ3n) is 3.87. The standard InChI is InChI=1S/C16H24FN3O/c1-19(10-6-14-2-4-15(17)5-3-14)11-7-16(21)20-12-8-18-9-13-20/h2-5,18H,6-13H2,1H3. The van der Waals surface area contributed by atoms with Crippen molar-refractivity contribution in [2.75, 3.05) is 46.3 Å². The molecule has 0 atom stereocenters. The molecule has 1 aromatic carbocycles. The van der Waals surface area contributed by atoms with Crippen molar-refractivity contribution in [2.45, 2.75) is 12.8 Å². The maximum atomic E-state index is 12.8. The summed E-state index contributed by atoms with van der Waals surface area (Å²) in [6, 6.07) is 6.61. The van der Waals surface area contributed by atoms with E-state index in [4.69, 9.17) is 0 Å². The Morgan fingerprint density at radius 1 is 1.24 bits per heavy atom. The summed E-state index contributed by atoms with van der Waals surface area (Å²) >= 11 is 0. The summed E-state index contributed by atoms with van der Waals surface area (Å²) in [4.78, 5) is 16.1. The van der Waals surface area contributed by atoms with Crippen molar-refractivity contribution in [3.63, 3.8) is 0 Å². The number of carbonyl (C=O) groups is 1. The Balaban J connectivity index is 1.65. The molecule has 1 aliphatic heterocycles. The Morgan fingerprint density at radius 3 is 2.57 bits per heavy atom. The summed E-state index contributed by atoms with van der Waals surface area (Å²) < 4.78 is 12.8. The molecule has 1 fully saturated rings. The van der Waals surface area contributed by atoms with Gasteiger partial charge in [-0.2, -0.15) is 0 Å². The highest BCUT2D eigenvalue weighted by atomic mass is 19.1. The van der Waals surface area contributed by atoms with Crippen molar-refractivity contribution in [3.8, 4) is 0 Å². The van der Waals surface area contributed by atoms with Gasteiger partial charge in [0.15, 0.2) is 0 Å². The monoisotopic (exact) mass is 293 g/mol. The van der Waals surface area contributed by atoms with Gasteiger partial charge in [-0.05, 0) is 31.2 Å². The normalized spacial score (nSPS) is 15.5. The van der Waals surface area contributed by atoms with Crippen molar-refractivity contribution in [2.24, 2.45) is 0 Å². The first-order chi connectivity index (χ1) is 10.1. The van der Waals surface area contributed by atoms with Gasteiger partial charge in [-0.3, -0.25) is 4.79 Å². The van der Waals surface area contributed by atoms with Crippen LogP contribution < -0.4 is 5.32 Å². The Bertz CT molecular complexity index is 443. The quantitative estimate of drug-likeness (QED) is 0.854. The molecule has 1 aromatic rings. The molecule has 5 heteroatoms. The summed E-state index contributed by atoms with van der Waals surface area (Å²) in [6.07, 6.45) is 1.44. The van der Waals surface area contributed by atoms with E-state index in [1.807, 2.05) is 24.1 Å². The molecule has 1 N–H and O–H groups in total. The van der Waals surface area contributed by atoms with Crippen LogP contribution in [0.1, 0.15) is 12.0 Å². The number of piperazine rings is 1. The predicted octanol–water partition coefficient (Wildman–Crippen LogP) is 1.12. The van der Waals surface area contributed by atoms with Gasteiger partial charge in [0.2, 0.25) is 5.91 Å². The molecule has 0 unspecified atom stereocenters. The van der Waals surface area contributed by atoms with E-state index in [1.54, 1.807) is 0 Å². The van der Waals surface area contributed by atoms with Gasteiger partial charge in [0.05, 0.1) is 0 Å². The highest BCUT2D eigenvalue weighted by molar-refractivity contribution is 5.76. The van der Waals surface area contributed by atoms with Crippen LogP contribution in [0.3, 0.4) is 0 Å². The fourth-order valence-electron chi connectivity index (χ4n) is 2.44.